The Bertz CT molecular complexity index is 615. The molecule has 1 atom stereocenters. The fourth-order valence-electron chi connectivity index (χ4n) is 1.78. The zero-order chi connectivity index (χ0) is 15.5. The maximum Gasteiger partial charge on any atom is 0.303 e. The van der Waals surface area contributed by atoms with Crippen LogP contribution in [-0.4, -0.2) is 32.9 Å². The van der Waals surface area contributed by atoms with E-state index in [2.05, 4.69) is 0 Å². The van der Waals surface area contributed by atoms with Crippen LogP contribution in [0.1, 0.15) is 24.4 Å². The molecule has 1 rings (SSSR count). The Morgan fingerprint density at radius 1 is 1.50 bits per heavy atom. The van der Waals surface area contributed by atoms with Crippen molar-refractivity contribution in [2.75, 3.05) is 13.4 Å². The number of rotatable bonds is 6. The van der Waals surface area contributed by atoms with E-state index in [-0.39, 0.29) is 24.2 Å². The molecule has 0 aliphatic heterocycles. The zero-order valence-corrected chi connectivity index (χ0v) is 11.9. The molecule has 6 nitrogen and oxygen atoms in total. The first-order chi connectivity index (χ1) is 9.18. The molecule has 0 saturated carbocycles. The lowest BCUT2D eigenvalue weighted by Crippen LogP contribution is -2.16. The molecule has 112 valence electrons. The lowest BCUT2D eigenvalue weighted by atomic mass is 10.0. The number of carbonyl (C=O) groups is 1. The minimum absolute atomic E-state index is 0.00177. The molecule has 0 heterocycles. The van der Waals surface area contributed by atoms with Crippen molar-refractivity contribution >= 4 is 15.8 Å². The van der Waals surface area contributed by atoms with E-state index in [1.807, 2.05) is 0 Å². The molecular formula is C12H16FNO5S. The van der Waals surface area contributed by atoms with Gasteiger partial charge in [-0.05, 0) is 12.5 Å². The van der Waals surface area contributed by atoms with Gasteiger partial charge in [-0.3, -0.25) is 4.79 Å². The van der Waals surface area contributed by atoms with E-state index in [1.54, 1.807) is 0 Å². The summed E-state index contributed by atoms with van der Waals surface area (Å²) in [5.74, 6) is -2.17. The monoisotopic (exact) mass is 305 g/mol. The molecule has 0 aliphatic rings. The standard InChI is InChI=1S/C12H16FNO5S/c1-19-9-5-3-7(8(14)4-6-10(15)16)11(13)12(9)20(2,17)18/h3,5,8H,4,6,14H2,1-2H3,(H,15,16). The summed E-state index contributed by atoms with van der Waals surface area (Å²) in [6.07, 6.45) is 0.628. The number of halogens is 1. The Morgan fingerprint density at radius 3 is 2.55 bits per heavy atom. The number of hydrogen-bond donors (Lipinski definition) is 2. The Kier molecular flexibility index (Phi) is 5.07. The third-order valence-corrected chi connectivity index (χ3v) is 3.87. The van der Waals surface area contributed by atoms with Crippen LogP contribution < -0.4 is 10.5 Å². The number of hydrogen-bond acceptors (Lipinski definition) is 5. The zero-order valence-electron chi connectivity index (χ0n) is 11.1. The molecule has 0 amide bonds. The normalized spacial score (nSPS) is 13.0. The third-order valence-electron chi connectivity index (χ3n) is 2.75. The molecule has 0 spiro atoms. The highest BCUT2D eigenvalue weighted by molar-refractivity contribution is 7.90. The first-order valence-corrected chi connectivity index (χ1v) is 7.61. The Hall–Kier alpha value is -1.67. The lowest BCUT2D eigenvalue weighted by Gasteiger charge is -2.16. The molecule has 3 N–H and O–H groups in total. The van der Waals surface area contributed by atoms with Crippen LogP contribution in [0.2, 0.25) is 0 Å². The van der Waals surface area contributed by atoms with Gasteiger partial charge in [-0.1, -0.05) is 6.07 Å². The van der Waals surface area contributed by atoms with Crippen LogP contribution in [0.5, 0.6) is 5.75 Å². The first kappa shape index (κ1) is 16.4. The number of aliphatic carboxylic acids is 1. The van der Waals surface area contributed by atoms with Gasteiger partial charge in [-0.15, -0.1) is 0 Å². The summed E-state index contributed by atoms with van der Waals surface area (Å²) < 4.78 is 42.4. The molecule has 1 unspecified atom stereocenters. The van der Waals surface area contributed by atoms with Crippen LogP contribution >= 0.6 is 0 Å². The summed E-state index contributed by atoms with van der Waals surface area (Å²) in [5, 5.41) is 8.58. The highest BCUT2D eigenvalue weighted by Gasteiger charge is 2.25. The summed E-state index contributed by atoms with van der Waals surface area (Å²) in [7, 11) is -2.61. The minimum atomic E-state index is -3.84. The molecule has 8 heteroatoms. The lowest BCUT2D eigenvalue weighted by molar-refractivity contribution is -0.137. The van der Waals surface area contributed by atoms with Crippen LogP contribution in [0.25, 0.3) is 0 Å². The molecule has 0 fully saturated rings. The number of benzene rings is 1. The van der Waals surface area contributed by atoms with Crippen molar-refractivity contribution < 1.29 is 27.4 Å². The summed E-state index contributed by atoms with van der Waals surface area (Å²) in [6, 6.07) is 1.70. The van der Waals surface area contributed by atoms with E-state index < -0.39 is 32.6 Å². The van der Waals surface area contributed by atoms with Crippen LogP contribution in [0.3, 0.4) is 0 Å². The third kappa shape index (κ3) is 3.67. The summed E-state index contributed by atoms with van der Waals surface area (Å²) >= 11 is 0. The van der Waals surface area contributed by atoms with Gasteiger partial charge in [0, 0.05) is 24.3 Å². The van der Waals surface area contributed by atoms with Gasteiger partial charge in [-0.2, -0.15) is 0 Å². The highest BCUT2D eigenvalue weighted by atomic mass is 32.2. The quantitative estimate of drug-likeness (QED) is 0.815. The Morgan fingerprint density at radius 2 is 2.10 bits per heavy atom. The van der Waals surface area contributed by atoms with E-state index >= 15 is 0 Å². The fourth-order valence-corrected chi connectivity index (χ4v) is 2.74. The second-order valence-corrected chi connectivity index (χ2v) is 6.26. The molecule has 0 aliphatic carbocycles. The predicted octanol–water partition coefficient (Wildman–Crippen LogP) is 1.10. The van der Waals surface area contributed by atoms with Crippen LogP contribution in [-0.2, 0) is 14.6 Å². The van der Waals surface area contributed by atoms with Crippen molar-refractivity contribution in [2.24, 2.45) is 5.73 Å². The summed E-state index contributed by atoms with van der Waals surface area (Å²) in [4.78, 5) is 9.92. The number of carboxylic acids is 1. The second-order valence-electron chi connectivity index (χ2n) is 4.31. The number of carboxylic acid groups (broad SMARTS) is 1. The minimum Gasteiger partial charge on any atom is -0.495 e. The molecule has 20 heavy (non-hydrogen) atoms. The van der Waals surface area contributed by atoms with E-state index in [0.29, 0.717) is 0 Å². The van der Waals surface area contributed by atoms with Crippen molar-refractivity contribution in [3.63, 3.8) is 0 Å². The average Bonchev–Trinajstić information content (AvgIpc) is 2.33. The molecule has 0 radical (unpaired) electrons. The van der Waals surface area contributed by atoms with Gasteiger partial charge in [-0.25, -0.2) is 12.8 Å². The Balaban J connectivity index is 3.27. The van der Waals surface area contributed by atoms with E-state index in [0.717, 1.165) is 6.26 Å². The van der Waals surface area contributed by atoms with Gasteiger partial charge in [0.2, 0.25) is 0 Å². The predicted molar refractivity (Wildman–Crippen MR) is 69.9 cm³/mol. The molecule has 0 bridgehead atoms. The topological polar surface area (TPSA) is 107 Å². The number of sulfone groups is 1. The second kappa shape index (κ2) is 6.19. The highest BCUT2D eigenvalue weighted by Crippen LogP contribution is 2.32. The number of methoxy groups -OCH3 is 1. The molecule has 1 aromatic rings. The van der Waals surface area contributed by atoms with Gasteiger partial charge >= 0.3 is 5.97 Å². The van der Waals surface area contributed by atoms with Gasteiger partial charge in [0.25, 0.3) is 0 Å². The number of nitrogens with two attached hydrogens (primary N) is 1. The molecular weight excluding hydrogens is 289 g/mol. The first-order valence-electron chi connectivity index (χ1n) is 5.72. The van der Waals surface area contributed by atoms with Gasteiger partial charge in [0.15, 0.2) is 9.84 Å². The largest absolute Gasteiger partial charge is 0.495 e. The average molecular weight is 305 g/mol. The van der Waals surface area contributed by atoms with Crippen molar-refractivity contribution in [1.29, 1.82) is 0 Å². The van der Waals surface area contributed by atoms with Crippen molar-refractivity contribution in [3.8, 4) is 5.75 Å². The van der Waals surface area contributed by atoms with Gasteiger partial charge in [0.1, 0.15) is 16.5 Å². The van der Waals surface area contributed by atoms with Crippen LogP contribution in [0.15, 0.2) is 17.0 Å². The van der Waals surface area contributed by atoms with Crippen molar-refractivity contribution in [1.82, 2.24) is 0 Å². The van der Waals surface area contributed by atoms with Gasteiger partial charge < -0.3 is 15.6 Å². The summed E-state index contributed by atoms with van der Waals surface area (Å²) in [6.45, 7) is 0. The number of ether oxygens (including phenoxy) is 1. The molecule has 0 aromatic heterocycles. The molecule has 1 aromatic carbocycles. The van der Waals surface area contributed by atoms with Gasteiger partial charge in [0.05, 0.1) is 7.11 Å². The van der Waals surface area contributed by atoms with Crippen molar-refractivity contribution in [2.45, 2.75) is 23.8 Å². The van der Waals surface area contributed by atoms with Crippen LogP contribution in [0, 0.1) is 5.82 Å². The maximum absolute atomic E-state index is 14.3. The van der Waals surface area contributed by atoms with E-state index in [1.165, 1.54) is 19.2 Å². The maximum atomic E-state index is 14.3. The summed E-state index contributed by atoms with van der Waals surface area (Å²) in [5.41, 5.74) is 5.66. The smallest absolute Gasteiger partial charge is 0.303 e. The fraction of sp³-hybridized carbons (Fsp3) is 0.417. The molecule has 0 saturated heterocycles. The van der Waals surface area contributed by atoms with Crippen LogP contribution in [0.4, 0.5) is 4.39 Å². The van der Waals surface area contributed by atoms with E-state index in [4.69, 9.17) is 15.6 Å². The SMILES string of the molecule is COc1ccc(C(N)CCC(=O)O)c(F)c1S(C)(=O)=O. The van der Waals surface area contributed by atoms with E-state index in [9.17, 15) is 17.6 Å². The Labute approximate surface area is 116 Å². The van der Waals surface area contributed by atoms with Crippen molar-refractivity contribution in [3.05, 3.63) is 23.5 Å².